The molecule has 1 aliphatic heterocycles. The summed E-state index contributed by atoms with van der Waals surface area (Å²) in [5.74, 6) is 0.906. The maximum Gasteiger partial charge on any atom is 0.0249 e. The molecule has 0 aromatic carbocycles. The highest BCUT2D eigenvalue weighted by Gasteiger charge is 2.34. The number of hydrogen-bond acceptors (Lipinski definition) is 3. The van der Waals surface area contributed by atoms with Crippen LogP contribution < -0.4 is 5.73 Å². The Morgan fingerprint density at radius 2 is 1.79 bits per heavy atom. The average Bonchev–Trinajstić information content (AvgIpc) is 2.47. The van der Waals surface area contributed by atoms with Crippen LogP contribution in [0.1, 0.15) is 52.4 Å². The zero-order valence-corrected chi connectivity index (χ0v) is 13.1. The Hall–Kier alpha value is -0.120. The Morgan fingerprint density at radius 1 is 1.11 bits per heavy atom. The molecule has 2 N–H and O–H groups in total. The van der Waals surface area contributed by atoms with Gasteiger partial charge in [-0.25, -0.2) is 0 Å². The van der Waals surface area contributed by atoms with Crippen LogP contribution in [0.4, 0.5) is 0 Å². The van der Waals surface area contributed by atoms with Crippen LogP contribution >= 0.6 is 0 Å². The van der Waals surface area contributed by atoms with Crippen molar-refractivity contribution in [2.45, 2.75) is 70.5 Å². The zero-order chi connectivity index (χ0) is 13.8. The quantitative estimate of drug-likeness (QED) is 0.848. The van der Waals surface area contributed by atoms with E-state index in [-0.39, 0.29) is 0 Å². The van der Waals surface area contributed by atoms with E-state index in [4.69, 9.17) is 5.73 Å². The Bertz CT molecular complexity index is 261. The second kappa shape index (κ2) is 7.05. The largest absolute Gasteiger partial charge is 0.326 e. The van der Waals surface area contributed by atoms with Gasteiger partial charge < -0.3 is 10.6 Å². The predicted molar refractivity (Wildman–Crippen MR) is 82.3 cm³/mol. The van der Waals surface area contributed by atoms with Gasteiger partial charge in [0.2, 0.25) is 0 Å². The highest BCUT2D eigenvalue weighted by molar-refractivity contribution is 4.91. The minimum absolute atomic E-state index is 0.400. The van der Waals surface area contributed by atoms with Crippen LogP contribution in [0, 0.1) is 5.92 Å². The van der Waals surface area contributed by atoms with Crippen LogP contribution in [0.15, 0.2) is 0 Å². The third-order valence-electron chi connectivity index (χ3n) is 5.66. The van der Waals surface area contributed by atoms with E-state index in [1.165, 1.54) is 58.2 Å². The van der Waals surface area contributed by atoms with Gasteiger partial charge in [0.25, 0.3) is 0 Å². The van der Waals surface area contributed by atoms with E-state index in [1.807, 2.05) is 0 Å². The van der Waals surface area contributed by atoms with Crippen LogP contribution in [0.3, 0.4) is 0 Å². The monoisotopic (exact) mass is 267 g/mol. The van der Waals surface area contributed by atoms with Gasteiger partial charge in [0.1, 0.15) is 0 Å². The van der Waals surface area contributed by atoms with E-state index in [1.54, 1.807) is 0 Å². The molecule has 0 aromatic heterocycles. The first-order valence-corrected chi connectivity index (χ1v) is 8.35. The molecule has 1 heterocycles. The molecular weight excluding hydrogens is 234 g/mol. The number of likely N-dealkylation sites (tertiary alicyclic amines) is 1. The molecule has 1 saturated heterocycles. The first kappa shape index (κ1) is 15.3. The molecule has 0 amide bonds. The summed E-state index contributed by atoms with van der Waals surface area (Å²) in [4.78, 5) is 5.21. The van der Waals surface area contributed by atoms with Crippen molar-refractivity contribution in [3.05, 3.63) is 0 Å². The maximum absolute atomic E-state index is 6.40. The number of piperidine rings is 1. The van der Waals surface area contributed by atoms with Gasteiger partial charge in [0, 0.05) is 18.1 Å². The van der Waals surface area contributed by atoms with Crippen molar-refractivity contribution in [1.82, 2.24) is 9.80 Å². The van der Waals surface area contributed by atoms with Gasteiger partial charge >= 0.3 is 0 Å². The van der Waals surface area contributed by atoms with Crippen molar-refractivity contribution in [3.8, 4) is 0 Å². The van der Waals surface area contributed by atoms with Crippen molar-refractivity contribution >= 4 is 0 Å². The topological polar surface area (TPSA) is 32.5 Å². The number of likely N-dealkylation sites (N-methyl/N-ethyl adjacent to an activating group) is 1. The minimum Gasteiger partial charge on any atom is -0.326 e. The lowest BCUT2D eigenvalue weighted by atomic mass is 9.80. The summed E-state index contributed by atoms with van der Waals surface area (Å²) in [6.07, 6.45) is 7.86. The third-order valence-corrected chi connectivity index (χ3v) is 5.66. The smallest absolute Gasteiger partial charge is 0.0249 e. The molecule has 19 heavy (non-hydrogen) atoms. The van der Waals surface area contributed by atoms with E-state index >= 15 is 0 Å². The Labute approximate surface area is 119 Å². The Morgan fingerprint density at radius 3 is 2.37 bits per heavy atom. The van der Waals surface area contributed by atoms with E-state index in [2.05, 4.69) is 30.7 Å². The molecule has 2 fully saturated rings. The van der Waals surface area contributed by atoms with Crippen LogP contribution in [-0.4, -0.2) is 54.6 Å². The molecule has 3 heteroatoms. The molecule has 1 aliphatic carbocycles. The number of rotatable bonds is 4. The Kier molecular flexibility index (Phi) is 5.67. The zero-order valence-electron chi connectivity index (χ0n) is 13.1. The molecular formula is C16H33N3. The van der Waals surface area contributed by atoms with Gasteiger partial charge in [0.05, 0.1) is 0 Å². The first-order valence-electron chi connectivity index (χ1n) is 8.35. The predicted octanol–water partition coefficient (Wildman–Crippen LogP) is 2.31. The second-order valence-corrected chi connectivity index (χ2v) is 6.65. The van der Waals surface area contributed by atoms with Crippen molar-refractivity contribution in [2.24, 2.45) is 11.7 Å². The molecule has 0 radical (unpaired) electrons. The van der Waals surface area contributed by atoms with Crippen LogP contribution in [0.2, 0.25) is 0 Å². The van der Waals surface area contributed by atoms with E-state index in [9.17, 15) is 0 Å². The summed E-state index contributed by atoms with van der Waals surface area (Å²) in [7, 11) is 2.33. The normalized spacial score (nSPS) is 34.9. The standard InChI is InChI=1S/C16H33N3/c1-4-13-6-7-15(17)16(12-13)18(3)14-8-10-19(5-2)11-9-14/h13-16H,4-12,17H2,1-3H3. The van der Waals surface area contributed by atoms with Gasteiger partial charge in [-0.15, -0.1) is 0 Å². The molecule has 2 rings (SSSR count). The van der Waals surface area contributed by atoms with E-state index in [0.717, 1.165) is 12.0 Å². The maximum atomic E-state index is 6.40. The molecule has 0 bridgehead atoms. The van der Waals surface area contributed by atoms with Crippen molar-refractivity contribution in [2.75, 3.05) is 26.7 Å². The fourth-order valence-corrected chi connectivity index (χ4v) is 4.01. The molecule has 112 valence electrons. The molecule has 1 saturated carbocycles. The fraction of sp³-hybridized carbons (Fsp3) is 1.00. The SMILES string of the molecule is CCC1CCC(N)C(N(C)C2CCN(CC)CC2)C1. The molecule has 3 nitrogen and oxygen atoms in total. The fourth-order valence-electron chi connectivity index (χ4n) is 4.01. The molecule has 0 spiro atoms. The second-order valence-electron chi connectivity index (χ2n) is 6.65. The molecule has 0 aromatic rings. The number of nitrogens with two attached hydrogens (primary N) is 1. The highest BCUT2D eigenvalue weighted by atomic mass is 15.2. The van der Waals surface area contributed by atoms with Crippen molar-refractivity contribution in [3.63, 3.8) is 0 Å². The van der Waals surface area contributed by atoms with Gasteiger partial charge in [-0.3, -0.25) is 4.90 Å². The van der Waals surface area contributed by atoms with Crippen LogP contribution in [-0.2, 0) is 0 Å². The summed E-state index contributed by atoms with van der Waals surface area (Å²) in [5, 5.41) is 0. The lowest BCUT2D eigenvalue weighted by molar-refractivity contribution is 0.0588. The van der Waals surface area contributed by atoms with Gasteiger partial charge in [-0.1, -0.05) is 20.3 Å². The average molecular weight is 267 g/mol. The summed E-state index contributed by atoms with van der Waals surface area (Å²) in [6.45, 7) is 8.35. The van der Waals surface area contributed by atoms with E-state index < -0.39 is 0 Å². The van der Waals surface area contributed by atoms with Gasteiger partial charge in [0.15, 0.2) is 0 Å². The minimum atomic E-state index is 0.400. The lowest BCUT2D eigenvalue weighted by Gasteiger charge is -2.45. The molecule has 3 atom stereocenters. The summed E-state index contributed by atoms with van der Waals surface area (Å²) >= 11 is 0. The van der Waals surface area contributed by atoms with Crippen molar-refractivity contribution in [1.29, 1.82) is 0 Å². The number of nitrogens with zero attached hydrogens (tertiary/aromatic N) is 2. The van der Waals surface area contributed by atoms with Gasteiger partial charge in [-0.05, 0) is 64.7 Å². The van der Waals surface area contributed by atoms with E-state index in [0.29, 0.717) is 12.1 Å². The van der Waals surface area contributed by atoms with Gasteiger partial charge in [-0.2, -0.15) is 0 Å². The highest BCUT2D eigenvalue weighted by Crippen LogP contribution is 2.31. The summed E-state index contributed by atoms with van der Waals surface area (Å²) in [5.41, 5.74) is 6.40. The Balaban J connectivity index is 1.89. The first-order chi connectivity index (χ1) is 9.15. The van der Waals surface area contributed by atoms with Crippen LogP contribution in [0.25, 0.3) is 0 Å². The lowest BCUT2D eigenvalue weighted by Crippen LogP contribution is -2.55. The summed E-state index contributed by atoms with van der Waals surface area (Å²) in [6, 6.07) is 1.78. The number of hydrogen-bond donors (Lipinski definition) is 1. The summed E-state index contributed by atoms with van der Waals surface area (Å²) < 4.78 is 0. The molecule has 2 aliphatic rings. The van der Waals surface area contributed by atoms with Crippen LogP contribution in [0.5, 0.6) is 0 Å². The molecule has 3 unspecified atom stereocenters. The van der Waals surface area contributed by atoms with Crippen molar-refractivity contribution < 1.29 is 0 Å². The third kappa shape index (κ3) is 3.71.